The quantitative estimate of drug-likeness (QED) is 0.0904. The molecule has 0 aliphatic heterocycles. The Morgan fingerprint density at radius 3 is 0.609 bits per heavy atom. The van der Waals surface area contributed by atoms with Gasteiger partial charge in [-0.2, -0.15) is 0 Å². The van der Waals surface area contributed by atoms with Gasteiger partial charge in [-0.25, -0.2) is 0 Å². The molecule has 0 atom stereocenters. The van der Waals surface area contributed by atoms with E-state index in [1.54, 1.807) is 0 Å². The van der Waals surface area contributed by atoms with Crippen molar-refractivity contribution in [3.05, 3.63) is 333 Å². The first kappa shape index (κ1) is 42.4. The van der Waals surface area contributed by atoms with E-state index in [2.05, 4.69) is 303 Å². The average molecular weight is 819 g/mol. The lowest BCUT2D eigenvalue weighted by molar-refractivity contribution is 1.39. The lowest BCUT2D eigenvalue weighted by Crippen LogP contribution is -2.04. The van der Waals surface area contributed by atoms with Crippen LogP contribution in [0.2, 0.25) is 0 Å². The molecule has 0 saturated heterocycles. The molecule has 8 aromatic rings. The van der Waals surface area contributed by atoms with E-state index < -0.39 is 0 Å². The minimum atomic E-state index is 1.06. The zero-order chi connectivity index (χ0) is 43.4. The lowest BCUT2D eigenvalue weighted by atomic mass is 9.80. The molecule has 0 aromatic heterocycles. The molecular formula is C64H50. The van der Waals surface area contributed by atoms with Crippen molar-refractivity contribution >= 4 is 48.6 Å². The normalized spacial score (nSPS) is 13.1. The average Bonchev–Trinajstić information content (AvgIpc) is 3.36. The van der Waals surface area contributed by atoms with Gasteiger partial charge >= 0.3 is 0 Å². The Kier molecular flexibility index (Phi) is 14.9. The van der Waals surface area contributed by atoms with Crippen molar-refractivity contribution in [3.63, 3.8) is 0 Å². The van der Waals surface area contributed by atoms with Gasteiger partial charge in [-0.1, -0.05) is 267 Å². The fraction of sp³-hybridized carbons (Fsp3) is 0. The van der Waals surface area contributed by atoms with Crippen LogP contribution in [0, 0.1) is 0 Å². The van der Waals surface area contributed by atoms with Crippen molar-refractivity contribution in [1.29, 1.82) is 0 Å². The van der Waals surface area contributed by atoms with Gasteiger partial charge in [0.15, 0.2) is 0 Å². The fourth-order valence-electron chi connectivity index (χ4n) is 7.49. The molecule has 0 heteroatoms. The monoisotopic (exact) mass is 818 g/mol. The zero-order valence-corrected chi connectivity index (χ0v) is 35.9. The zero-order valence-electron chi connectivity index (χ0n) is 35.9. The van der Waals surface area contributed by atoms with Gasteiger partial charge < -0.3 is 0 Å². The van der Waals surface area contributed by atoms with E-state index in [0.29, 0.717) is 0 Å². The molecule has 0 saturated carbocycles. The standard InChI is InChI=1S/C64H50/c1-9-25-51(26-10-1)41-43-59(45-53-29-13-3-14-30-53)61(47-55-33-17-5-18-34-55)63(49-57-37-21-7-22-38-57)64(50-58-39-23-8-24-40-58)62(48-56-35-19-6-20-36-56)60(46-54-31-15-4-16-32-54)44-42-52-27-11-2-12-28-52/h1-50H. The van der Waals surface area contributed by atoms with E-state index in [1.165, 1.54) is 0 Å². The molecule has 0 N–H and O–H groups in total. The maximum atomic E-state index is 2.36. The third kappa shape index (κ3) is 12.4. The molecule has 0 spiro atoms. The molecular weight excluding hydrogens is 769 g/mol. The predicted octanol–water partition coefficient (Wildman–Crippen LogP) is 16.9. The third-order valence-electron chi connectivity index (χ3n) is 10.7. The van der Waals surface area contributed by atoms with Gasteiger partial charge in [-0.15, -0.1) is 0 Å². The first-order valence-corrected chi connectivity index (χ1v) is 21.8. The topological polar surface area (TPSA) is 0 Å². The maximum absolute atomic E-state index is 2.36. The van der Waals surface area contributed by atoms with Crippen molar-refractivity contribution in [3.8, 4) is 0 Å². The summed E-state index contributed by atoms with van der Waals surface area (Å²) in [5.74, 6) is 0. The SMILES string of the molecule is C(=Cc1ccccc1)C(=Cc1ccccc1)C(=Cc1ccccc1)C(=Cc1ccccc1)C(=Cc1ccccc1)C(=Cc1ccccc1)C(C=Cc1ccccc1)=Cc1ccccc1. The summed E-state index contributed by atoms with van der Waals surface area (Å²) in [6.45, 7) is 0. The highest BCUT2D eigenvalue weighted by Gasteiger charge is 2.21. The number of hydrogen-bond acceptors (Lipinski definition) is 0. The van der Waals surface area contributed by atoms with Crippen molar-refractivity contribution < 1.29 is 0 Å². The summed E-state index contributed by atoms with van der Waals surface area (Å²) < 4.78 is 0. The van der Waals surface area contributed by atoms with E-state index >= 15 is 0 Å². The number of benzene rings is 8. The highest BCUT2D eigenvalue weighted by Crippen LogP contribution is 2.40. The Labute approximate surface area is 379 Å². The van der Waals surface area contributed by atoms with Gasteiger partial charge in [0.1, 0.15) is 0 Å². The summed E-state index contributed by atoms with van der Waals surface area (Å²) in [5, 5.41) is 0. The van der Waals surface area contributed by atoms with Crippen molar-refractivity contribution in [1.82, 2.24) is 0 Å². The third-order valence-corrected chi connectivity index (χ3v) is 10.7. The predicted molar refractivity (Wildman–Crippen MR) is 277 cm³/mol. The lowest BCUT2D eigenvalue weighted by Gasteiger charge is -2.23. The second-order valence-corrected chi connectivity index (χ2v) is 15.4. The molecule has 64 heavy (non-hydrogen) atoms. The minimum absolute atomic E-state index is 1.06. The Morgan fingerprint density at radius 2 is 0.375 bits per heavy atom. The summed E-state index contributed by atoms with van der Waals surface area (Å²) in [4.78, 5) is 0. The van der Waals surface area contributed by atoms with Crippen LogP contribution >= 0.6 is 0 Å². The molecule has 0 aliphatic carbocycles. The van der Waals surface area contributed by atoms with Crippen LogP contribution < -0.4 is 0 Å². The Morgan fingerprint density at radius 1 is 0.188 bits per heavy atom. The van der Waals surface area contributed by atoms with E-state index in [4.69, 9.17) is 0 Å². The number of rotatable bonds is 15. The molecule has 306 valence electrons. The van der Waals surface area contributed by atoms with E-state index in [1.807, 2.05) is 0 Å². The molecule has 0 radical (unpaired) electrons. The summed E-state index contributed by atoms with van der Waals surface area (Å²) in [7, 11) is 0. The van der Waals surface area contributed by atoms with Gasteiger partial charge in [-0.3, -0.25) is 0 Å². The Bertz CT molecular complexity index is 2720. The van der Waals surface area contributed by atoms with Crippen LogP contribution in [-0.2, 0) is 0 Å². The molecule has 0 aliphatic rings. The van der Waals surface area contributed by atoms with Crippen LogP contribution in [0.5, 0.6) is 0 Å². The van der Waals surface area contributed by atoms with E-state index in [9.17, 15) is 0 Å². The highest BCUT2D eigenvalue weighted by atomic mass is 14.2. The summed E-state index contributed by atoms with van der Waals surface area (Å²) in [6.07, 6.45) is 23.0. The molecule has 0 nitrogen and oxygen atoms in total. The van der Waals surface area contributed by atoms with E-state index in [0.717, 1.165) is 77.9 Å². The van der Waals surface area contributed by atoms with Gasteiger partial charge in [0.05, 0.1) is 0 Å². The van der Waals surface area contributed by atoms with Gasteiger partial charge in [-0.05, 0) is 114 Å². The van der Waals surface area contributed by atoms with Gasteiger partial charge in [0.25, 0.3) is 0 Å². The molecule has 8 aromatic carbocycles. The van der Waals surface area contributed by atoms with Gasteiger partial charge in [0, 0.05) is 0 Å². The van der Waals surface area contributed by atoms with Crippen LogP contribution in [0.4, 0.5) is 0 Å². The first-order chi connectivity index (χ1) is 31.7. The molecule has 8 rings (SSSR count). The largest absolute Gasteiger partial charge is 0.0622 e. The molecule has 0 amide bonds. The van der Waals surface area contributed by atoms with Crippen LogP contribution in [0.3, 0.4) is 0 Å². The first-order valence-electron chi connectivity index (χ1n) is 21.8. The van der Waals surface area contributed by atoms with Crippen molar-refractivity contribution in [2.24, 2.45) is 0 Å². The summed E-state index contributed by atoms with van der Waals surface area (Å²) in [6, 6.07) is 85.1. The molecule has 0 unspecified atom stereocenters. The summed E-state index contributed by atoms with van der Waals surface area (Å²) >= 11 is 0. The van der Waals surface area contributed by atoms with Crippen molar-refractivity contribution in [2.75, 3.05) is 0 Å². The van der Waals surface area contributed by atoms with Crippen molar-refractivity contribution in [2.45, 2.75) is 0 Å². The van der Waals surface area contributed by atoms with E-state index in [-0.39, 0.29) is 0 Å². The second kappa shape index (κ2) is 22.5. The smallest absolute Gasteiger partial charge is 0.00928 e. The summed E-state index contributed by atoms with van der Waals surface area (Å²) in [5.41, 5.74) is 15.2. The van der Waals surface area contributed by atoms with Crippen LogP contribution in [0.15, 0.2) is 288 Å². The molecule has 0 heterocycles. The number of allylic oxidation sites excluding steroid dienone is 8. The maximum Gasteiger partial charge on any atom is -0.00928 e. The number of hydrogen-bond donors (Lipinski definition) is 0. The molecule has 0 bridgehead atoms. The van der Waals surface area contributed by atoms with Crippen LogP contribution in [0.1, 0.15) is 44.5 Å². The fourth-order valence-corrected chi connectivity index (χ4v) is 7.49. The molecule has 0 fully saturated rings. The Hall–Kier alpha value is -8.32. The minimum Gasteiger partial charge on any atom is -0.0622 e. The second-order valence-electron chi connectivity index (χ2n) is 15.4. The van der Waals surface area contributed by atoms with Gasteiger partial charge in [0.2, 0.25) is 0 Å². The Balaban J connectivity index is 1.49. The van der Waals surface area contributed by atoms with Crippen LogP contribution in [0.25, 0.3) is 48.6 Å². The van der Waals surface area contributed by atoms with Crippen LogP contribution in [-0.4, -0.2) is 0 Å². The highest BCUT2D eigenvalue weighted by molar-refractivity contribution is 5.91.